The molecule has 0 aliphatic heterocycles. The lowest BCUT2D eigenvalue weighted by Gasteiger charge is -2.04. The number of nitrogens with zero attached hydrogens (tertiary/aromatic N) is 5. The average Bonchev–Trinajstić information content (AvgIpc) is 2.73. The zero-order valence-corrected chi connectivity index (χ0v) is 12.5. The van der Waals surface area contributed by atoms with Gasteiger partial charge in [-0.1, -0.05) is 12.1 Å². The molecule has 0 aliphatic carbocycles. The molecule has 0 radical (unpaired) electrons. The lowest BCUT2D eigenvalue weighted by molar-refractivity contribution is 0.418. The Hall–Kier alpha value is -2.96. The third kappa shape index (κ3) is 2.16. The molecule has 7 heteroatoms. The Bertz CT molecular complexity index is 952. The van der Waals surface area contributed by atoms with Gasteiger partial charge in [0.2, 0.25) is 5.88 Å². The zero-order chi connectivity index (χ0) is 15.9. The molecular weight excluding hydrogens is 282 g/mol. The molecule has 1 aromatic carbocycles. The van der Waals surface area contributed by atoms with Crippen LogP contribution in [0.4, 0.5) is 0 Å². The van der Waals surface area contributed by atoms with Crippen molar-refractivity contribution in [2.24, 2.45) is 12.1 Å². The highest BCUT2D eigenvalue weighted by Crippen LogP contribution is 2.17. The highest BCUT2D eigenvalue weighted by atomic mass is 16.3. The molecule has 112 valence electrons. The highest BCUT2D eigenvalue weighted by molar-refractivity contribution is 5.84. The SMILES string of the molecule is Cc1nn(C)c(O)c1/C=N/n1c(C)nc2ccccc2c1=O. The lowest BCUT2D eigenvalue weighted by atomic mass is 10.2. The van der Waals surface area contributed by atoms with Gasteiger partial charge in [0.1, 0.15) is 5.82 Å². The smallest absolute Gasteiger partial charge is 0.282 e. The molecule has 3 rings (SSSR count). The van der Waals surface area contributed by atoms with E-state index in [-0.39, 0.29) is 11.4 Å². The molecule has 0 amide bonds. The van der Waals surface area contributed by atoms with Gasteiger partial charge >= 0.3 is 0 Å². The van der Waals surface area contributed by atoms with Gasteiger partial charge in [-0.05, 0) is 26.0 Å². The van der Waals surface area contributed by atoms with Crippen molar-refractivity contribution in [1.82, 2.24) is 19.4 Å². The molecule has 0 saturated carbocycles. The lowest BCUT2D eigenvalue weighted by Crippen LogP contribution is -2.20. The molecule has 0 unspecified atom stereocenters. The number of hydrogen-bond donors (Lipinski definition) is 1. The molecule has 22 heavy (non-hydrogen) atoms. The molecule has 0 saturated heterocycles. The van der Waals surface area contributed by atoms with Crippen molar-refractivity contribution in [2.75, 3.05) is 0 Å². The Balaban J connectivity index is 2.15. The van der Waals surface area contributed by atoms with Gasteiger partial charge in [-0.2, -0.15) is 14.9 Å². The van der Waals surface area contributed by atoms with Gasteiger partial charge in [0.15, 0.2) is 0 Å². The number of aryl methyl sites for hydroxylation is 3. The second-order valence-corrected chi connectivity index (χ2v) is 4.98. The number of hydrogen-bond acceptors (Lipinski definition) is 5. The number of rotatable bonds is 2. The van der Waals surface area contributed by atoms with E-state index in [9.17, 15) is 9.90 Å². The van der Waals surface area contributed by atoms with Gasteiger partial charge < -0.3 is 5.11 Å². The fourth-order valence-corrected chi connectivity index (χ4v) is 2.30. The van der Waals surface area contributed by atoms with E-state index in [1.807, 2.05) is 6.07 Å². The minimum Gasteiger partial charge on any atom is -0.493 e. The summed E-state index contributed by atoms with van der Waals surface area (Å²) in [7, 11) is 1.63. The van der Waals surface area contributed by atoms with Crippen molar-refractivity contribution in [3.05, 3.63) is 51.7 Å². The van der Waals surface area contributed by atoms with E-state index in [4.69, 9.17) is 0 Å². The Morgan fingerprint density at radius 3 is 2.68 bits per heavy atom. The Labute approximate surface area is 126 Å². The normalized spacial score (nSPS) is 11.6. The second-order valence-electron chi connectivity index (χ2n) is 4.98. The molecule has 3 aromatic rings. The molecule has 0 fully saturated rings. The molecule has 0 aliphatic rings. The van der Waals surface area contributed by atoms with E-state index in [0.717, 1.165) is 0 Å². The summed E-state index contributed by atoms with van der Waals surface area (Å²) in [5.41, 5.74) is 1.49. The van der Waals surface area contributed by atoms with E-state index in [0.29, 0.717) is 28.0 Å². The standard InChI is InChI=1S/C15H15N5O2/c1-9-12(14(21)19(3)18-9)8-16-20-10(2)17-13-7-5-4-6-11(13)15(20)22/h4-8,21H,1-3H3/b16-8+. The minimum atomic E-state index is -0.250. The molecule has 1 N–H and O–H groups in total. The molecule has 0 spiro atoms. The average molecular weight is 297 g/mol. The summed E-state index contributed by atoms with van der Waals surface area (Å²) in [5, 5.41) is 18.7. The maximum Gasteiger partial charge on any atom is 0.282 e. The first-order valence-electron chi connectivity index (χ1n) is 6.74. The molecule has 2 heterocycles. The first-order valence-corrected chi connectivity index (χ1v) is 6.74. The van der Waals surface area contributed by atoms with Crippen molar-refractivity contribution < 1.29 is 5.11 Å². The minimum absolute atomic E-state index is 0.000649. The molecule has 0 bridgehead atoms. The predicted molar refractivity (Wildman–Crippen MR) is 83.3 cm³/mol. The quantitative estimate of drug-likeness (QED) is 0.723. The summed E-state index contributed by atoms with van der Waals surface area (Å²) >= 11 is 0. The van der Waals surface area contributed by atoms with Crippen molar-refractivity contribution in [1.29, 1.82) is 0 Å². The van der Waals surface area contributed by atoms with E-state index in [1.165, 1.54) is 15.6 Å². The maximum absolute atomic E-state index is 12.5. The van der Waals surface area contributed by atoms with Crippen LogP contribution in [0.2, 0.25) is 0 Å². The molecule has 0 atom stereocenters. The number of fused-ring (bicyclic) bond motifs is 1. The summed E-state index contributed by atoms with van der Waals surface area (Å²) in [5.74, 6) is 0.474. The highest BCUT2D eigenvalue weighted by Gasteiger charge is 2.11. The summed E-state index contributed by atoms with van der Waals surface area (Å²) in [4.78, 5) is 16.8. The topological polar surface area (TPSA) is 85.3 Å². The molecular formula is C15H15N5O2. The van der Waals surface area contributed by atoms with E-state index < -0.39 is 0 Å². The van der Waals surface area contributed by atoms with Crippen LogP contribution in [0.3, 0.4) is 0 Å². The first-order chi connectivity index (χ1) is 10.5. The Morgan fingerprint density at radius 2 is 2.00 bits per heavy atom. The summed E-state index contributed by atoms with van der Waals surface area (Å²) in [6, 6.07) is 7.11. The fraction of sp³-hybridized carbons (Fsp3) is 0.200. The Kier molecular flexibility index (Phi) is 3.25. The van der Waals surface area contributed by atoms with Crippen LogP contribution in [0.5, 0.6) is 5.88 Å². The van der Waals surface area contributed by atoms with Crippen LogP contribution in [0, 0.1) is 13.8 Å². The number of aromatic hydroxyl groups is 1. The first kappa shape index (κ1) is 14.0. The van der Waals surface area contributed by atoms with Gasteiger partial charge in [0, 0.05) is 7.05 Å². The van der Waals surface area contributed by atoms with Crippen molar-refractivity contribution in [3.63, 3.8) is 0 Å². The van der Waals surface area contributed by atoms with E-state index >= 15 is 0 Å². The largest absolute Gasteiger partial charge is 0.493 e. The van der Waals surface area contributed by atoms with Gasteiger partial charge in [-0.25, -0.2) is 9.67 Å². The second kappa shape index (κ2) is 5.10. The van der Waals surface area contributed by atoms with Gasteiger partial charge in [0.05, 0.1) is 28.4 Å². The number of benzene rings is 1. The van der Waals surface area contributed by atoms with Gasteiger partial charge in [-0.3, -0.25) is 4.79 Å². The predicted octanol–water partition coefficient (Wildman–Crippen LogP) is 1.33. The third-order valence-electron chi connectivity index (χ3n) is 3.46. The van der Waals surface area contributed by atoms with Crippen LogP contribution < -0.4 is 5.56 Å². The van der Waals surface area contributed by atoms with Crippen molar-refractivity contribution in [2.45, 2.75) is 13.8 Å². The Morgan fingerprint density at radius 1 is 1.27 bits per heavy atom. The van der Waals surface area contributed by atoms with Crippen molar-refractivity contribution in [3.8, 4) is 5.88 Å². The summed E-state index contributed by atoms with van der Waals surface area (Å²) in [6.45, 7) is 3.47. The van der Waals surface area contributed by atoms with Crippen molar-refractivity contribution >= 4 is 17.1 Å². The maximum atomic E-state index is 12.5. The fourth-order valence-electron chi connectivity index (χ4n) is 2.30. The number of para-hydroxylation sites is 1. The summed E-state index contributed by atoms with van der Waals surface area (Å²) in [6.07, 6.45) is 1.42. The van der Waals surface area contributed by atoms with Crippen LogP contribution in [-0.2, 0) is 7.05 Å². The van der Waals surface area contributed by atoms with E-state index in [1.54, 1.807) is 39.1 Å². The van der Waals surface area contributed by atoms with Crippen LogP contribution in [-0.4, -0.2) is 30.8 Å². The summed E-state index contributed by atoms with van der Waals surface area (Å²) < 4.78 is 2.57. The van der Waals surface area contributed by atoms with Crippen LogP contribution in [0.1, 0.15) is 17.1 Å². The third-order valence-corrected chi connectivity index (χ3v) is 3.46. The number of aromatic nitrogens is 4. The van der Waals surface area contributed by atoms with Crippen LogP contribution in [0.25, 0.3) is 10.9 Å². The molecule has 2 aromatic heterocycles. The van der Waals surface area contributed by atoms with Gasteiger partial charge in [-0.15, -0.1) is 0 Å². The van der Waals surface area contributed by atoms with Crippen LogP contribution >= 0.6 is 0 Å². The molecule has 7 nitrogen and oxygen atoms in total. The van der Waals surface area contributed by atoms with E-state index in [2.05, 4.69) is 15.2 Å². The van der Waals surface area contributed by atoms with Crippen LogP contribution in [0.15, 0.2) is 34.2 Å². The zero-order valence-electron chi connectivity index (χ0n) is 12.5. The monoisotopic (exact) mass is 297 g/mol. The van der Waals surface area contributed by atoms with Gasteiger partial charge in [0.25, 0.3) is 5.56 Å².